The Morgan fingerprint density at radius 1 is 0.939 bits per heavy atom. The van der Waals surface area contributed by atoms with Gasteiger partial charge in [0.1, 0.15) is 11.4 Å². The molecule has 0 bridgehead atoms. The summed E-state index contributed by atoms with van der Waals surface area (Å²) in [5.41, 5.74) is 2.36. The van der Waals surface area contributed by atoms with Gasteiger partial charge in [-0.15, -0.1) is 0 Å². The number of methoxy groups -OCH3 is 1. The van der Waals surface area contributed by atoms with Gasteiger partial charge in [-0.05, 0) is 24.3 Å². The maximum Gasteiger partial charge on any atom is 0.312 e. The number of H-pyrrole nitrogens is 1. The van der Waals surface area contributed by atoms with Crippen molar-refractivity contribution in [1.82, 2.24) is 20.5 Å². The lowest BCUT2D eigenvalue weighted by Crippen LogP contribution is -2.53. The van der Waals surface area contributed by atoms with Gasteiger partial charge in [0.2, 0.25) is 0 Å². The number of fused-ring (bicyclic) bond motifs is 1. The SMILES string of the molecule is COc1cccc(N2CCN(C(=O)C(=O)NCCNC(=O)c3cc4ccccc4[nH]3)CC2)c1. The van der Waals surface area contributed by atoms with Gasteiger partial charge in [-0.25, -0.2) is 0 Å². The normalized spacial score (nSPS) is 13.6. The summed E-state index contributed by atoms with van der Waals surface area (Å²) in [6, 6.07) is 17.2. The van der Waals surface area contributed by atoms with E-state index in [4.69, 9.17) is 4.74 Å². The molecule has 1 aliphatic rings. The van der Waals surface area contributed by atoms with Crippen molar-refractivity contribution in [3.05, 3.63) is 60.3 Å². The smallest absolute Gasteiger partial charge is 0.312 e. The van der Waals surface area contributed by atoms with Crippen molar-refractivity contribution in [2.75, 3.05) is 51.3 Å². The number of hydrogen-bond acceptors (Lipinski definition) is 5. The molecule has 0 saturated carbocycles. The fraction of sp³-hybridized carbons (Fsp3) is 0.292. The number of hydrogen-bond donors (Lipinski definition) is 3. The second-order valence-corrected chi connectivity index (χ2v) is 7.76. The van der Waals surface area contributed by atoms with Crippen LogP contribution in [0, 0.1) is 0 Å². The molecule has 0 radical (unpaired) electrons. The Hall–Kier alpha value is -4.01. The lowest BCUT2D eigenvalue weighted by molar-refractivity contribution is -0.146. The van der Waals surface area contributed by atoms with E-state index in [2.05, 4.69) is 20.5 Å². The minimum atomic E-state index is -0.662. The molecule has 2 heterocycles. The maximum absolute atomic E-state index is 12.5. The van der Waals surface area contributed by atoms with Crippen LogP contribution in [0.1, 0.15) is 10.5 Å². The Kier molecular flexibility index (Phi) is 6.77. The van der Waals surface area contributed by atoms with Crippen LogP contribution in [0.15, 0.2) is 54.6 Å². The molecule has 33 heavy (non-hydrogen) atoms. The first-order chi connectivity index (χ1) is 16.0. The van der Waals surface area contributed by atoms with Crippen molar-refractivity contribution in [3.8, 4) is 5.75 Å². The molecule has 0 atom stereocenters. The van der Waals surface area contributed by atoms with Crippen molar-refractivity contribution in [2.24, 2.45) is 0 Å². The lowest BCUT2D eigenvalue weighted by Gasteiger charge is -2.35. The van der Waals surface area contributed by atoms with Crippen molar-refractivity contribution >= 4 is 34.3 Å². The predicted molar refractivity (Wildman–Crippen MR) is 125 cm³/mol. The van der Waals surface area contributed by atoms with Crippen LogP contribution < -0.4 is 20.3 Å². The Labute approximate surface area is 191 Å². The van der Waals surface area contributed by atoms with Crippen LogP contribution in [0.3, 0.4) is 0 Å². The molecule has 1 aliphatic heterocycles. The Bertz CT molecular complexity index is 1120. The molecule has 2 aromatic carbocycles. The maximum atomic E-state index is 12.5. The average Bonchev–Trinajstić information content (AvgIpc) is 3.30. The van der Waals surface area contributed by atoms with E-state index in [0.717, 1.165) is 22.3 Å². The molecular weight excluding hydrogens is 422 g/mol. The molecule has 3 amide bonds. The highest BCUT2D eigenvalue weighted by molar-refractivity contribution is 6.35. The second kappa shape index (κ2) is 10.1. The largest absolute Gasteiger partial charge is 0.497 e. The third-order valence-corrected chi connectivity index (χ3v) is 5.65. The number of anilines is 1. The quantitative estimate of drug-likeness (QED) is 0.389. The number of nitrogens with zero attached hydrogens (tertiary/aromatic N) is 2. The molecule has 3 N–H and O–H groups in total. The molecule has 9 heteroatoms. The summed E-state index contributed by atoms with van der Waals surface area (Å²) in [5, 5.41) is 6.28. The van der Waals surface area contributed by atoms with E-state index in [-0.39, 0.29) is 19.0 Å². The minimum Gasteiger partial charge on any atom is -0.497 e. The summed E-state index contributed by atoms with van der Waals surface area (Å²) < 4.78 is 5.26. The monoisotopic (exact) mass is 449 g/mol. The van der Waals surface area contributed by atoms with Crippen molar-refractivity contribution in [2.45, 2.75) is 0 Å². The second-order valence-electron chi connectivity index (χ2n) is 7.76. The molecule has 172 valence electrons. The van der Waals surface area contributed by atoms with Crippen LogP contribution in [0.5, 0.6) is 5.75 Å². The first-order valence-corrected chi connectivity index (χ1v) is 10.9. The van der Waals surface area contributed by atoms with E-state index in [1.807, 2.05) is 48.5 Å². The standard InChI is InChI=1S/C24H27N5O4/c1-33-19-7-4-6-18(16-19)28-11-13-29(14-12-28)24(32)23(31)26-10-9-25-22(30)21-15-17-5-2-3-8-20(17)27-21/h2-8,15-16,27H,9-14H2,1H3,(H,25,30)(H,26,31). The van der Waals surface area contributed by atoms with Crippen LogP contribution in [0.4, 0.5) is 5.69 Å². The van der Waals surface area contributed by atoms with Crippen LogP contribution >= 0.6 is 0 Å². The fourth-order valence-electron chi connectivity index (χ4n) is 3.84. The summed E-state index contributed by atoms with van der Waals surface area (Å²) in [7, 11) is 1.63. The van der Waals surface area contributed by atoms with Gasteiger partial charge in [0.05, 0.1) is 7.11 Å². The van der Waals surface area contributed by atoms with E-state index in [1.165, 1.54) is 0 Å². The number of rotatable bonds is 6. The third kappa shape index (κ3) is 5.25. The zero-order valence-electron chi connectivity index (χ0n) is 18.5. The minimum absolute atomic E-state index is 0.167. The number of carbonyl (C=O) groups is 3. The predicted octanol–water partition coefficient (Wildman–Crippen LogP) is 1.37. The molecule has 9 nitrogen and oxygen atoms in total. The number of carbonyl (C=O) groups excluding carboxylic acids is 3. The number of nitrogens with one attached hydrogen (secondary N) is 3. The van der Waals surface area contributed by atoms with Crippen LogP contribution in [-0.4, -0.2) is 74.0 Å². The summed E-state index contributed by atoms with van der Waals surface area (Å²) in [6.07, 6.45) is 0. The molecule has 1 aromatic heterocycles. The van der Waals surface area contributed by atoms with Crippen LogP contribution in [-0.2, 0) is 9.59 Å². The van der Waals surface area contributed by atoms with Crippen LogP contribution in [0.25, 0.3) is 10.9 Å². The van der Waals surface area contributed by atoms with Gasteiger partial charge in [-0.1, -0.05) is 24.3 Å². The Morgan fingerprint density at radius 3 is 2.45 bits per heavy atom. The summed E-state index contributed by atoms with van der Waals surface area (Å²) in [4.78, 5) is 43.8. The van der Waals surface area contributed by atoms with Gasteiger partial charge in [-0.2, -0.15) is 0 Å². The van der Waals surface area contributed by atoms with Gasteiger partial charge in [-0.3, -0.25) is 14.4 Å². The fourth-order valence-corrected chi connectivity index (χ4v) is 3.84. The van der Waals surface area contributed by atoms with E-state index in [1.54, 1.807) is 18.1 Å². The molecular formula is C24H27N5O4. The summed E-state index contributed by atoms with van der Waals surface area (Å²) >= 11 is 0. The lowest BCUT2D eigenvalue weighted by atomic mass is 10.2. The van der Waals surface area contributed by atoms with Gasteiger partial charge < -0.3 is 30.2 Å². The molecule has 3 aromatic rings. The van der Waals surface area contributed by atoms with Gasteiger partial charge in [0.25, 0.3) is 5.91 Å². The Morgan fingerprint density at radius 2 is 1.70 bits per heavy atom. The average molecular weight is 450 g/mol. The van der Waals surface area contributed by atoms with Crippen molar-refractivity contribution in [1.29, 1.82) is 0 Å². The molecule has 1 saturated heterocycles. The molecule has 1 fully saturated rings. The third-order valence-electron chi connectivity index (χ3n) is 5.65. The van der Waals surface area contributed by atoms with Gasteiger partial charge in [0.15, 0.2) is 0 Å². The van der Waals surface area contributed by atoms with Crippen molar-refractivity contribution in [3.63, 3.8) is 0 Å². The first-order valence-electron chi connectivity index (χ1n) is 10.9. The van der Waals surface area contributed by atoms with E-state index in [0.29, 0.717) is 31.9 Å². The molecule has 0 spiro atoms. The number of piperazine rings is 1. The number of aromatic nitrogens is 1. The highest BCUT2D eigenvalue weighted by Crippen LogP contribution is 2.22. The van der Waals surface area contributed by atoms with E-state index >= 15 is 0 Å². The Balaban J connectivity index is 1.19. The number of ether oxygens (including phenoxy) is 1. The number of para-hydroxylation sites is 1. The van der Waals surface area contributed by atoms with Crippen molar-refractivity contribution < 1.29 is 19.1 Å². The zero-order valence-corrected chi connectivity index (χ0v) is 18.5. The first kappa shape index (κ1) is 22.2. The topological polar surface area (TPSA) is 107 Å². The highest BCUT2D eigenvalue weighted by Gasteiger charge is 2.26. The van der Waals surface area contributed by atoms with E-state index < -0.39 is 11.8 Å². The summed E-state index contributed by atoms with van der Waals surface area (Å²) in [5.74, 6) is -0.700. The van der Waals surface area contributed by atoms with Gasteiger partial charge >= 0.3 is 11.8 Å². The zero-order chi connectivity index (χ0) is 23.2. The number of amides is 3. The molecule has 0 unspecified atom stereocenters. The summed E-state index contributed by atoms with van der Waals surface area (Å²) in [6.45, 7) is 2.57. The molecule has 4 rings (SSSR count). The molecule has 0 aliphatic carbocycles. The highest BCUT2D eigenvalue weighted by atomic mass is 16.5. The number of benzene rings is 2. The number of aromatic amines is 1. The van der Waals surface area contributed by atoms with Gasteiger partial charge in [0, 0.05) is 61.9 Å². The van der Waals surface area contributed by atoms with E-state index in [9.17, 15) is 14.4 Å². The van der Waals surface area contributed by atoms with Crippen LogP contribution in [0.2, 0.25) is 0 Å².